The summed E-state index contributed by atoms with van der Waals surface area (Å²) >= 11 is 0. The molecule has 0 rings (SSSR count). The third kappa shape index (κ3) is 14.7. The molecule has 0 unspecified atom stereocenters. The van der Waals surface area contributed by atoms with E-state index in [0.717, 1.165) is 19.3 Å². The molecule has 0 spiro atoms. The zero-order valence-electron chi connectivity index (χ0n) is 11.1. The van der Waals surface area contributed by atoms with Gasteiger partial charge in [0.15, 0.2) is 0 Å². The van der Waals surface area contributed by atoms with Gasteiger partial charge in [0.25, 0.3) is 0 Å². The van der Waals surface area contributed by atoms with Crippen LogP contribution in [0.4, 0.5) is 0 Å². The molecule has 0 aromatic heterocycles. The Labute approximate surface area is 144 Å². The molecule has 0 N–H and O–H groups in total. The molecule has 98 valence electrons. The van der Waals surface area contributed by atoms with Crippen LogP contribution in [0.2, 0.25) is 0 Å². The summed E-state index contributed by atoms with van der Waals surface area (Å²) in [6.45, 7) is 7.07. The fourth-order valence-electron chi connectivity index (χ4n) is 1.11. The quantitative estimate of drug-likeness (QED) is 0.140. The molecule has 0 saturated carbocycles. The first-order chi connectivity index (χ1) is 7.07. The van der Waals surface area contributed by atoms with Crippen molar-refractivity contribution in [2.24, 2.45) is 0 Å². The van der Waals surface area contributed by atoms with Crippen LogP contribution >= 0.6 is 0 Å². The maximum atomic E-state index is 11.1. The van der Waals surface area contributed by atoms with Crippen molar-refractivity contribution in [1.82, 2.24) is 0 Å². The molecule has 4 radical (unpaired) electrons. The third-order valence-electron chi connectivity index (χ3n) is 2.04. The molecule has 0 amide bonds. The second kappa shape index (κ2) is 14.8. The zero-order chi connectivity index (χ0) is 11.7. The molecular formula is C12H24O3Pb2. The van der Waals surface area contributed by atoms with E-state index in [1.807, 2.05) is 0 Å². The van der Waals surface area contributed by atoms with Crippen LogP contribution in [-0.2, 0) is 14.3 Å². The van der Waals surface area contributed by atoms with Crippen molar-refractivity contribution >= 4 is 66.5 Å². The van der Waals surface area contributed by atoms with Gasteiger partial charge in [0.05, 0.1) is 0 Å². The average Bonchev–Trinajstić information content (AvgIpc) is 2.17. The number of rotatable bonds is 7. The van der Waals surface area contributed by atoms with Gasteiger partial charge in [-0.25, -0.2) is 4.79 Å². The molecule has 0 atom stereocenters. The molecule has 17 heavy (non-hydrogen) atoms. The number of hydrogen-bond acceptors (Lipinski definition) is 3. The first-order valence-corrected chi connectivity index (χ1v) is 5.48. The van der Waals surface area contributed by atoms with Gasteiger partial charge in [-0.2, -0.15) is 0 Å². The molecule has 0 bridgehead atoms. The monoisotopic (exact) mass is 632 g/mol. The third-order valence-corrected chi connectivity index (χ3v) is 2.04. The summed E-state index contributed by atoms with van der Waals surface area (Å²) in [6, 6.07) is 0. The van der Waals surface area contributed by atoms with E-state index in [9.17, 15) is 9.59 Å². The molecule has 0 heterocycles. The van der Waals surface area contributed by atoms with Crippen molar-refractivity contribution in [3.8, 4) is 0 Å². The van der Waals surface area contributed by atoms with E-state index in [2.05, 4.69) is 18.2 Å². The summed E-state index contributed by atoms with van der Waals surface area (Å²) < 4.78 is 4.54. The number of carbonyl (C=O) groups is 2. The van der Waals surface area contributed by atoms with E-state index in [0.29, 0.717) is 6.42 Å². The second-order valence-electron chi connectivity index (χ2n) is 3.71. The van der Waals surface area contributed by atoms with Gasteiger partial charge < -0.3 is 4.74 Å². The number of unbranched alkanes of at least 4 members (excludes halogenated alkanes) is 4. The first kappa shape index (κ1) is 22.9. The number of hydrogen-bond donors (Lipinski definition) is 0. The van der Waals surface area contributed by atoms with Crippen LogP contribution in [0.1, 0.15) is 52.4 Å². The van der Waals surface area contributed by atoms with Crippen molar-refractivity contribution in [3.05, 3.63) is 12.2 Å². The predicted molar refractivity (Wildman–Crippen MR) is 76.4 cm³/mol. The molecule has 0 aliphatic rings. The fraction of sp³-hybridized carbons (Fsp3) is 0.667. The Hall–Kier alpha value is 0.724. The SMILES string of the molecule is C=C(C)C(=O)OC(=O)CCCCCCC.[PbH2].[PbH2]. The zero-order valence-corrected chi connectivity index (χ0v) is 22.1. The Morgan fingerprint density at radius 2 is 1.59 bits per heavy atom. The van der Waals surface area contributed by atoms with Gasteiger partial charge >= 0.3 is 66.5 Å². The number of carbonyl (C=O) groups excluding carboxylic acids is 2. The topological polar surface area (TPSA) is 43.4 Å². The van der Waals surface area contributed by atoms with Crippen molar-refractivity contribution in [3.63, 3.8) is 0 Å². The van der Waals surface area contributed by atoms with Gasteiger partial charge in [-0.05, 0) is 13.3 Å². The summed E-state index contributed by atoms with van der Waals surface area (Å²) in [5.41, 5.74) is 0.259. The number of esters is 2. The van der Waals surface area contributed by atoms with Crippen LogP contribution < -0.4 is 0 Å². The Bertz CT molecular complexity index is 240. The maximum absolute atomic E-state index is 11.1. The van der Waals surface area contributed by atoms with Crippen LogP contribution in [0.3, 0.4) is 0 Å². The molecule has 0 fully saturated rings. The molecule has 5 heteroatoms. The molecule has 0 aromatic rings. The van der Waals surface area contributed by atoms with Crippen molar-refractivity contribution in [2.75, 3.05) is 0 Å². The van der Waals surface area contributed by atoms with Gasteiger partial charge in [-0.15, -0.1) is 0 Å². The second-order valence-corrected chi connectivity index (χ2v) is 3.71. The molecule has 3 nitrogen and oxygen atoms in total. The Kier molecular flexibility index (Phi) is 19.9. The molecular weight excluding hydrogens is 607 g/mol. The predicted octanol–water partition coefficient (Wildman–Crippen LogP) is 1.16. The van der Waals surface area contributed by atoms with E-state index in [1.54, 1.807) is 0 Å². The molecule has 0 aliphatic heterocycles. The van der Waals surface area contributed by atoms with Gasteiger partial charge in [-0.1, -0.05) is 39.2 Å². The normalized spacial score (nSPS) is 8.59. The van der Waals surface area contributed by atoms with E-state index in [-0.39, 0.29) is 60.2 Å². The Morgan fingerprint density at radius 3 is 2.06 bits per heavy atom. The van der Waals surface area contributed by atoms with E-state index in [4.69, 9.17) is 0 Å². The van der Waals surface area contributed by atoms with Crippen LogP contribution in [-0.4, -0.2) is 66.5 Å². The summed E-state index contributed by atoms with van der Waals surface area (Å²) in [6.07, 6.45) is 5.64. The first-order valence-electron chi connectivity index (χ1n) is 5.48. The van der Waals surface area contributed by atoms with Crippen molar-refractivity contribution < 1.29 is 14.3 Å². The standard InChI is InChI=1S/C12H20O3.2Pb.4H/c1-4-5-6-7-8-9-11(13)15-12(14)10(2)3;;;;;;/h2,4-9H2,1,3H3;;;;;;. The van der Waals surface area contributed by atoms with Crippen LogP contribution in [0.15, 0.2) is 12.2 Å². The minimum atomic E-state index is -0.617. The Morgan fingerprint density at radius 1 is 1.06 bits per heavy atom. The summed E-state index contributed by atoms with van der Waals surface area (Å²) in [7, 11) is 0. The summed E-state index contributed by atoms with van der Waals surface area (Å²) in [4.78, 5) is 22.1. The molecule has 0 saturated heterocycles. The van der Waals surface area contributed by atoms with E-state index >= 15 is 0 Å². The average molecular weight is 631 g/mol. The minimum absolute atomic E-state index is 0. The van der Waals surface area contributed by atoms with Crippen LogP contribution in [0.25, 0.3) is 0 Å². The molecule has 0 aliphatic carbocycles. The van der Waals surface area contributed by atoms with E-state index in [1.165, 1.54) is 19.8 Å². The summed E-state index contributed by atoms with van der Waals surface area (Å²) in [5.74, 6) is -1.06. The number of ether oxygens (including phenoxy) is 1. The molecule has 0 aromatic carbocycles. The van der Waals surface area contributed by atoms with Gasteiger partial charge in [0.2, 0.25) is 0 Å². The fourth-order valence-corrected chi connectivity index (χ4v) is 1.11. The van der Waals surface area contributed by atoms with Crippen molar-refractivity contribution in [2.45, 2.75) is 52.4 Å². The van der Waals surface area contributed by atoms with Gasteiger partial charge in [0.1, 0.15) is 0 Å². The van der Waals surface area contributed by atoms with Gasteiger partial charge in [-0.3, -0.25) is 4.79 Å². The van der Waals surface area contributed by atoms with Crippen LogP contribution in [0.5, 0.6) is 0 Å². The van der Waals surface area contributed by atoms with Gasteiger partial charge in [0, 0.05) is 12.0 Å². The van der Waals surface area contributed by atoms with Crippen LogP contribution in [0, 0.1) is 0 Å². The Balaban J connectivity index is -0.000000980. The summed E-state index contributed by atoms with van der Waals surface area (Å²) in [5, 5.41) is 0. The van der Waals surface area contributed by atoms with E-state index < -0.39 is 11.9 Å². The van der Waals surface area contributed by atoms with Crippen molar-refractivity contribution in [1.29, 1.82) is 0 Å².